The van der Waals surface area contributed by atoms with Gasteiger partial charge >= 0.3 is 0 Å². The van der Waals surface area contributed by atoms with Crippen LogP contribution in [0.2, 0.25) is 0 Å². The van der Waals surface area contributed by atoms with Crippen LogP contribution in [0.4, 0.5) is 5.69 Å². The standard InChI is InChI=1S/C12H16BrN3O/c1-15-4-5-16(8-12(15)17)11-6-10(13)3-2-9(11)7-14/h2-3,6H,4-5,7-8,14H2,1H3. The molecule has 0 aliphatic carbocycles. The zero-order valence-corrected chi connectivity index (χ0v) is 11.4. The van der Waals surface area contributed by atoms with Gasteiger partial charge in [-0.15, -0.1) is 0 Å². The van der Waals surface area contributed by atoms with Crippen molar-refractivity contribution in [1.82, 2.24) is 4.90 Å². The molecule has 1 heterocycles. The molecule has 1 amide bonds. The van der Waals surface area contributed by atoms with Crippen LogP contribution in [0.3, 0.4) is 0 Å². The van der Waals surface area contributed by atoms with Crippen molar-refractivity contribution in [2.24, 2.45) is 5.73 Å². The molecule has 92 valence electrons. The minimum atomic E-state index is 0.152. The van der Waals surface area contributed by atoms with E-state index in [9.17, 15) is 4.79 Å². The molecule has 5 heteroatoms. The maximum absolute atomic E-state index is 11.7. The van der Waals surface area contributed by atoms with Crippen LogP contribution in [0.15, 0.2) is 22.7 Å². The van der Waals surface area contributed by atoms with Gasteiger partial charge in [0.05, 0.1) is 6.54 Å². The van der Waals surface area contributed by atoms with Crippen molar-refractivity contribution in [3.05, 3.63) is 28.2 Å². The van der Waals surface area contributed by atoms with Gasteiger partial charge in [-0.2, -0.15) is 0 Å². The molecule has 1 aliphatic rings. The van der Waals surface area contributed by atoms with E-state index in [0.717, 1.165) is 28.8 Å². The van der Waals surface area contributed by atoms with E-state index >= 15 is 0 Å². The molecule has 4 nitrogen and oxygen atoms in total. The molecule has 0 aromatic heterocycles. The summed E-state index contributed by atoms with van der Waals surface area (Å²) >= 11 is 3.46. The Morgan fingerprint density at radius 3 is 2.82 bits per heavy atom. The van der Waals surface area contributed by atoms with Gasteiger partial charge in [0.2, 0.25) is 5.91 Å². The number of hydrogen-bond acceptors (Lipinski definition) is 3. The summed E-state index contributed by atoms with van der Waals surface area (Å²) in [4.78, 5) is 15.6. The van der Waals surface area contributed by atoms with E-state index in [1.807, 2.05) is 25.2 Å². The normalized spacial score (nSPS) is 16.5. The molecule has 1 aliphatic heterocycles. The van der Waals surface area contributed by atoms with Crippen LogP contribution < -0.4 is 10.6 Å². The fourth-order valence-electron chi connectivity index (χ4n) is 1.97. The molecule has 0 bridgehead atoms. The van der Waals surface area contributed by atoms with Crippen molar-refractivity contribution in [3.63, 3.8) is 0 Å². The van der Waals surface area contributed by atoms with Crippen molar-refractivity contribution in [1.29, 1.82) is 0 Å². The van der Waals surface area contributed by atoms with Gasteiger partial charge in [-0.05, 0) is 17.7 Å². The van der Waals surface area contributed by atoms with Gasteiger partial charge in [-0.1, -0.05) is 22.0 Å². The Kier molecular flexibility index (Phi) is 3.69. The third-order valence-corrected chi connectivity index (χ3v) is 3.56. The quantitative estimate of drug-likeness (QED) is 0.892. The maximum Gasteiger partial charge on any atom is 0.241 e. The van der Waals surface area contributed by atoms with Gasteiger partial charge < -0.3 is 15.5 Å². The number of hydrogen-bond donors (Lipinski definition) is 1. The van der Waals surface area contributed by atoms with Gasteiger partial charge in [0, 0.05) is 36.8 Å². The molecule has 17 heavy (non-hydrogen) atoms. The second-order valence-corrected chi connectivity index (χ2v) is 5.13. The molecule has 1 fully saturated rings. The van der Waals surface area contributed by atoms with Crippen LogP contribution in [0, 0.1) is 0 Å². The molecular weight excluding hydrogens is 282 g/mol. The van der Waals surface area contributed by atoms with Gasteiger partial charge in [-0.25, -0.2) is 0 Å². The Morgan fingerprint density at radius 2 is 2.18 bits per heavy atom. The second-order valence-electron chi connectivity index (χ2n) is 4.21. The highest BCUT2D eigenvalue weighted by molar-refractivity contribution is 9.10. The molecule has 2 rings (SSSR count). The number of nitrogens with two attached hydrogens (primary N) is 1. The van der Waals surface area contributed by atoms with E-state index in [1.165, 1.54) is 0 Å². The first-order valence-electron chi connectivity index (χ1n) is 5.59. The van der Waals surface area contributed by atoms with E-state index in [4.69, 9.17) is 5.73 Å². The molecule has 1 aromatic rings. The van der Waals surface area contributed by atoms with E-state index in [-0.39, 0.29) is 5.91 Å². The number of likely N-dealkylation sites (N-methyl/N-ethyl adjacent to an activating group) is 1. The van der Waals surface area contributed by atoms with Crippen molar-refractivity contribution in [2.45, 2.75) is 6.54 Å². The lowest BCUT2D eigenvalue weighted by Gasteiger charge is -2.34. The molecule has 2 N–H and O–H groups in total. The van der Waals surface area contributed by atoms with Crippen LogP contribution in [0.1, 0.15) is 5.56 Å². The van der Waals surface area contributed by atoms with E-state index < -0.39 is 0 Å². The van der Waals surface area contributed by atoms with Gasteiger partial charge in [0.15, 0.2) is 0 Å². The summed E-state index contributed by atoms with van der Waals surface area (Å²) < 4.78 is 1.01. The number of benzene rings is 1. The van der Waals surface area contributed by atoms with Crippen molar-refractivity contribution in [2.75, 3.05) is 31.6 Å². The zero-order chi connectivity index (χ0) is 12.4. The summed E-state index contributed by atoms with van der Waals surface area (Å²) in [5, 5.41) is 0. The first kappa shape index (κ1) is 12.4. The van der Waals surface area contributed by atoms with E-state index in [1.54, 1.807) is 4.90 Å². The van der Waals surface area contributed by atoms with Gasteiger partial charge in [-0.3, -0.25) is 4.79 Å². The number of piperazine rings is 1. The Morgan fingerprint density at radius 1 is 1.41 bits per heavy atom. The van der Waals surface area contributed by atoms with Crippen LogP contribution in [0.5, 0.6) is 0 Å². The second kappa shape index (κ2) is 5.06. The van der Waals surface area contributed by atoms with Crippen LogP contribution in [0.25, 0.3) is 0 Å². The summed E-state index contributed by atoms with van der Waals surface area (Å²) in [5.74, 6) is 0.152. The summed E-state index contributed by atoms with van der Waals surface area (Å²) in [7, 11) is 1.84. The average Bonchev–Trinajstić information content (AvgIpc) is 2.32. The topological polar surface area (TPSA) is 49.6 Å². The molecule has 0 atom stereocenters. The van der Waals surface area contributed by atoms with Crippen molar-refractivity contribution < 1.29 is 4.79 Å². The number of carbonyl (C=O) groups is 1. The summed E-state index contributed by atoms with van der Waals surface area (Å²) in [6.07, 6.45) is 0. The summed E-state index contributed by atoms with van der Waals surface area (Å²) in [6.45, 7) is 2.53. The van der Waals surface area contributed by atoms with Crippen LogP contribution in [-0.4, -0.2) is 37.5 Å². The largest absolute Gasteiger partial charge is 0.360 e. The highest BCUT2D eigenvalue weighted by Gasteiger charge is 2.22. The Labute approximate surface area is 110 Å². The van der Waals surface area contributed by atoms with E-state index in [2.05, 4.69) is 20.8 Å². The molecule has 1 aromatic carbocycles. The van der Waals surface area contributed by atoms with Crippen molar-refractivity contribution in [3.8, 4) is 0 Å². The number of nitrogens with zero attached hydrogens (tertiary/aromatic N) is 2. The molecule has 0 radical (unpaired) electrons. The third kappa shape index (κ3) is 2.61. The van der Waals surface area contributed by atoms with Crippen LogP contribution in [-0.2, 0) is 11.3 Å². The minimum absolute atomic E-state index is 0.152. The highest BCUT2D eigenvalue weighted by Crippen LogP contribution is 2.26. The smallest absolute Gasteiger partial charge is 0.241 e. The molecular formula is C12H16BrN3O. The lowest BCUT2D eigenvalue weighted by molar-refractivity contribution is -0.129. The first-order valence-corrected chi connectivity index (χ1v) is 6.38. The summed E-state index contributed by atoms with van der Waals surface area (Å²) in [5.41, 5.74) is 7.87. The lowest BCUT2D eigenvalue weighted by Crippen LogP contribution is -2.48. The Hall–Kier alpha value is -1.07. The SMILES string of the molecule is CN1CCN(c2cc(Br)ccc2CN)CC1=O. The molecule has 0 saturated carbocycles. The number of amides is 1. The maximum atomic E-state index is 11.7. The average molecular weight is 298 g/mol. The number of rotatable bonds is 2. The Bertz CT molecular complexity index is 436. The predicted octanol–water partition coefficient (Wildman–Crippen LogP) is 1.19. The van der Waals surface area contributed by atoms with E-state index in [0.29, 0.717) is 13.1 Å². The minimum Gasteiger partial charge on any atom is -0.360 e. The predicted molar refractivity (Wildman–Crippen MR) is 71.9 cm³/mol. The molecule has 0 spiro atoms. The first-order chi connectivity index (χ1) is 8.11. The number of halogens is 1. The fourth-order valence-corrected chi connectivity index (χ4v) is 2.32. The molecule has 0 unspecified atom stereocenters. The lowest BCUT2D eigenvalue weighted by atomic mass is 10.1. The van der Waals surface area contributed by atoms with Crippen LogP contribution >= 0.6 is 15.9 Å². The van der Waals surface area contributed by atoms with Gasteiger partial charge in [0.1, 0.15) is 0 Å². The highest BCUT2D eigenvalue weighted by atomic mass is 79.9. The monoisotopic (exact) mass is 297 g/mol. The van der Waals surface area contributed by atoms with Crippen molar-refractivity contribution >= 4 is 27.5 Å². The zero-order valence-electron chi connectivity index (χ0n) is 9.82. The fraction of sp³-hybridized carbons (Fsp3) is 0.417. The van der Waals surface area contributed by atoms with Gasteiger partial charge in [0.25, 0.3) is 0 Å². The summed E-state index contributed by atoms with van der Waals surface area (Å²) in [6, 6.07) is 6.01. The number of anilines is 1. The number of carbonyl (C=O) groups excluding carboxylic acids is 1. The third-order valence-electron chi connectivity index (χ3n) is 3.07. The molecule has 1 saturated heterocycles. The Balaban J connectivity index is 2.27.